The molecule has 1 amide bonds. The number of carbonyl (C=O) groups is 1. The third kappa shape index (κ3) is 49.9. The molecule has 0 spiro atoms. The van der Waals surface area contributed by atoms with Gasteiger partial charge >= 0.3 is 0 Å². The van der Waals surface area contributed by atoms with Crippen LogP contribution in [-0.2, 0) is 4.79 Å². The van der Waals surface area contributed by atoms with Crippen molar-refractivity contribution < 1.29 is 15.0 Å². The number of unbranched alkanes of at least 4 members (excludes halogenated alkanes) is 42. The summed E-state index contributed by atoms with van der Waals surface area (Å²) < 4.78 is 0. The van der Waals surface area contributed by atoms with Gasteiger partial charge in [0.1, 0.15) is 0 Å². The lowest BCUT2D eigenvalue weighted by atomic mass is 10.0. The van der Waals surface area contributed by atoms with Crippen LogP contribution in [0.2, 0.25) is 0 Å². The number of rotatable bonds is 53. The number of aliphatic hydroxyl groups is 2. The van der Waals surface area contributed by atoms with Gasteiger partial charge in [-0.3, -0.25) is 4.79 Å². The first-order valence-electron chi connectivity index (χ1n) is 28.5. The van der Waals surface area contributed by atoms with Crippen LogP contribution in [0.15, 0.2) is 24.3 Å². The minimum atomic E-state index is -0.656. The van der Waals surface area contributed by atoms with Gasteiger partial charge in [0, 0.05) is 6.42 Å². The lowest BCUT2D eigenvalue weighted by Gasteiger charge is -2.22. The molecule has 0 heterocycles. The Morgan fingerprint density at radius 3 is 0.968 bits per heavy atom. The summed E-state index contributed by atoms with van der Waals surface area (Å²) in [6, 6.07) is -0.533. The van der Waals surface area contributed by atoms with Crippen LogP contribution in [0, 0.1) is 0 Å². The average Bonchev–Trinajstić information content (AvgIpc) is 3.28. The Balaban J connectivity index is 3.37. The fourth-order valence-electron chi connectivity index (χ4n) is 9.10. The maximum atomic E-state index is 12.5. The van der Waals surface area contributed by atoms with E-state index in [2.05, 4.69) is 43.5 Å². The topological polar surface area (TPSA) is 69.6 Å². The van der Waals surface area contributed by atoms with Crippen molar-refractivity contribution in [3.05, 3.63) is 24.3 Å². The van der Waals surface area contributed by atoms with Crippen LogP contribution in [0.25, 0.3) is 0 Å². The van der Waals surface area contributed by atoms with E-state index < -0.39 is 12.1 Å². The number of amides is 1. The molecule has 2 atom stereocenters. The van der Waals surface area contributed by atoms with Gasteiger partial charge in [-0.2, -0.15) is 0 Å². The minimum Gasteiger partial charge on any atom is -0.394 e. The molecule has 62 heavy (non-hydrogen) atoms. The molecule has 368 valence electrons. The molecular formula is C58H113NO3. The number of aliphatic hydroxyl groups excluding tert-OH is 2. The molecule has 0 saturated heterocycles. The first-order valence-corrected chi connectivity index (χ1v) is 28.5. The van der Waals surface area contributed by atoms with Gasteiger partial charge in [-0.15, -0.1) is 0 Å². The molecular weight excluding hydrogens is 759 g/mol. The standard InChI is InChI=1S/C58H113NO3/c1-3-5-7-9-11-13-15-17-19-20-21-22-23-24-25-26-27-28-29-30-31-32-33-34-35-36-37-38-40-42-44-46-48-50-52-54-58(62)59-56(55-60)57(61)53-51-49-47-45-43-41-39-18-16-14-12-10-8-6-4-2/h15,17,20-21,56-57,60-61H,3-14,16,18-19,22-55H2,1-2H3,(H,59,62)/b17-15-,21-20-. The Hall–Kier alpha value is -1.13. The van der Waals surface area contributed by atoms with Crippen molar-refractivity contribution in [3.8, 4) is 0 Å². The highest BCUT2D eigenvalue weighted by atomic mass is 16.3. The van der Waals surface area contributed by atoms with Gasteiger partial charge in [0.2, 0.25) is 5.91 Å². The first-order chi connectivity index (χ1) is 30.7. The van der Waals surface area contributed by atoms with Gasteiger partial charge in [-0.25, -0.2) is 0 Å². The Kier molecular flexibility index (Phi) is 53.2. The normalized spacial score (nSPS) is 12.9. The molecule has 0 aromatic rings. The van der Waals surface area contributed by atoms with Gasteiger partial charge in [0.15, 0.2) is 0 Å². The SMILES string of the molecule is CCCCCCC/C=C\C/C=C\CCCCCCCCCCCCCCCCCCCCCCCCCC(=O)NC(CO)C(O)CCCCCCCCCCCCCCCCC. The molecule has 0 aromatic carbocycles. The van der Waals surface area contributed by atoms with E-state index in [1.807, 2.05) is 0 Å². The predicted octanol–water partition coefficient (Wildman–Crippen LogP) is 18.7. The van der Waals surface area contributed by atoms with E-state index in [1.54, 1.807) is 0 Å². The number of nitrogens with one attached hydrogen (secondary N) is 1. The van der Waals surface area contributed by atoms with E-state index in [9.17, 15) is 15.0 Å². The lowest BCUT2D eigenvalue weighted by molar-refractivity contribution is -0.123. The first kappa shape index (κ1) is 60.9. The number of hydrogen-bond donors (Lipinski definition) is 3. The van der Waals surface area contributed by atoms with Gasteiger partial charge in [0.25, 0.3) is 0 Å². The molecule has 4 nitrogen and oxygen atoms in total. The summed E-state index contributed by atoms with van der Waals surface area (Å²) in [6.45, 7) is 4.37. The van der Waals surface area contributed by atoms with Crippen molar-refractivity contribution in [2.24, 2.45) is 0 Å². The number of hydrogen-bond acceptors (Lipinski definition) is 3. The Labute approximate surface area is 389 Å². The van der Waals surface area contributed by atoms with E-state index in [0.717, 1.165) is 32.1 Å². The average molecular weight is 873 g/mol. The smallest absolute Gasteiger partial charge is 0.220 e. The minimum absolute atomic E-state index is 0.0250. The maximum Gasteiger partial charge on any atom is 0.220 e. The zero-order valence-corrected chi connectivity index (χ0v) is 42.4. The molecule has 0 radical (unpaired) electrons. The van der Waals surface area contributed by atoms with Crippen molar-refractivity contribution in [2.75, 3.05) is 6.61 Å². The summed E-state index contributed by atoms with van der Waals surface area (Å²) in [7, 11) is 0. The molecule has 0 rings (SSSR count). The van der Waals surface area contributed by atoms with Crippen molar-refractivity contribution in [1.82, 2.24) is 5.32 Å². The van der Waals surface area contributed by atoms with E-state index >= 15 is 0 Å². The number of allylic oxidation sites excluding steroid dienone is 4. The monoisotopic (exact) mass is 872 g/mol. The van der Waals surface area contributed by atoms with Crippen LogP contribution in [0.3, 0.4) is 0 Å². The van der Waals surface area contributed by atoms with Crippen LogP contribution in [0.4, 0.5) is 0 Å². The zero-order chi connectivity index (χ0) is 44.9. The van der Waals surface area contributed by atoms with Crippen LogP contribution >= 0.6 is 0 Å². The molecule has 0 aliphatic heterocycles. The molecule has 4 heteroatoms. The molecule has 3 N–H and O–H groups in total. The highest BCUT2D eigenvalue weighted by Gasteiger charge is 2.20. The van der Waals surface area contributed by atoms with Crippen LogP contribution in [0.1, 0.15) is 322 Å². The molecule has 0 aliphatic carbocycles. The van der Waals surface area contributed by atoms with Crippen LogP contribution < -0.4 is 5.32 Å². The second-order valence-electron chi connectivity index (χ2n) is 19.7. The van der Waals surface area contributed by atoms with Crippen molar-refractivity contribution >= 4 is 5.91 Å². The molecule has 0 aromatic heterocycles. The van der Waals surface area contributed by atoms with Gasteiger partial charge in [-0.1, -0.05) is 295 Å². The fraction of sp³-hybridized carbons (Fsp3) is 0.914. The van der Waals surface area contributed by atoms with E-state index in [1.165, 1.54) is 263 Å². The Morgan fingerprint density at radius 1 is 0.387 bits per heavy atom. The summed E-state index contributed by atoms with van der Waals surface area (Å²) in [5.41, 5.74) is 0. The Bertz CT molecular complexity index is 901. The third-order valence-electron chi connectivity index (χ3n) is 13.5. The zero-order valence-electron chi connectivity index (χ0n) is 42.4. The summed E-state index contributed by atoms with van der Waals surface area (Å²) in [5.74, 6) is -0.0250. The molecule has 2 unspecified atom stereocenters. The summed E-state index contributed by atoms with van der Waals surface area (Å²) in [5, 5.41) is 23.3. The van der Waals surface area contributed by atoms with E-state index in [0.29, 0.717) is 12.8 Å². The van der Waals surface area contributed by atoms with Crippen molar-refractivity contribution in [3.63, 3.8) is 0 Å². The highest BCUT2D eigenvalue weighted by molar-refractivity contribution is 5.76. The second-order valence-corrected chi connectivity index (χ2v) is 19.7. The van der Waals surface area contributed by atoms with Crippen molar-refractivity contribution in [1.29, 1.82) is 0 Å². The predicted molar refractivity (Wildman–Crippen MR) is 276 cm³/mol. The summed E-state index contributed by atoms with van der Waals surface area (Å²) >= 11 is 0. The van der Waals surface area contributed by atoms with Crippen molar-refractivity contribution in [2.45, 2.75) is 334 Å². The second kappa shape index (κ2) is 54.2. The van der Waals surface area contributed by atoms with E-state index in [-0.39, 0.29) is 12.5 Å². The fourth-order valence-corrected chi connectivity index (χ4v) is 9.10. The van der Waals surface area contributed by atoms with Crippen LogP contribution in [0.5, 0.6) is 0 Å². The Morgan fingerprint density at radius 2 is 0.661 bits per heavy atom. The lowest BCUT2D eigenvalue weighted by Crippen LogP contribution is -2.45. The molecule has 0 saturated carbocycles. The highest BCUT2D eigenvalue weighted by Crippen LogP contribution is 2.18. The quantitative estimate of drug-likeness (QED) is 0.0421. The summed E-state index contributed by atoms with van der Waals surface area (Å²) in [6.07, 6.45) is 71.8. The summed E-state index contributed by atoms with van der Waals surface area (Å²) in [4.78, 5) is 12.5. The van der Waals surface area contributed by atoms with Gasteiger partial charge in [0.05, 0.1) is 18.8 Å². The largest absolute Gasteiger partial charge is 0.394 e. The molecule has 0 aliphatic rings. The maximum absolute atomic E-state index is 12.5. The third-order valence-corrected chi connectivity index (χ3v) is 13.5. The van der Waals surface area contributed by atoms with E-state index in [4.69, 9.17) is 0 Å². The van der Waals surface area contributed by atoms with Gasteiger partial charge in [-0.05, 0) is 44.9 Å². The van der Waals surface area contributed by atoms with Crippen LogP contribution in [-0.4, -0.2) is 34.9 Å². The molecule has 0 fully saturated rings. The molecule has 0 bridgehead atoms. The van der Waals surface area contributed by atoms with Gasteiger partial charge < -0.3 is 15.5 Å². The number of carbonyl (C=O) groups excluding carboxylic acids is 1.